The maximum Gasteiger partial charge on any atom is 0.371 e. The van der Waals surface area contributed by atoms with Crippen LogP contribution in [0.2, 0.25) is 0 Å². The molecule has 0 saturated heterocycles. The van der Waals surface area contributed by atoms with Gasteiger partial charge in [0.15, 0.2) is 0 Å². The number of furan rings is 1. The minimum absolute atomic E-state index is 0.0313. The number of hydrogen-bond acceptors (Lipinski definition) is 4. The van der Waals surface area contributed by atoms with Gasteiger partial charge in [0, 0.05) is 11.9 Å². The Balaban J connectivity index is 1.90. The Hall–Kier alpha value is -2.28. The molecular formula is C14H16N2O4S. The van der Waals surface area contributed by atoms with Crippen LogP contribution in [-0.4, -0.2) is 29.1 Å². The Morgan fingerprint density at radius 1 is 1.43 bits per heavy atom. The molecule has 2 aromatic heterocycles. The van der Waals surface area contributed by atoms with Crippen LogP contribution in [0.5, 0.6) is 0 Å². The smallest absolute Gasteiger partial charge is 0.371 e. The molecule has 6 nitrogen and oxygen atoms in total. The molecule has 1 atom stereocenters. The van der Waals surface area contributed by atoms with Gasteiger partial charge in [-0.25, -0.2) is 9.59 Å². The second kappa shape index (κ2) is 6.45. The maximum atomic E-state index is 12.1. The third-order valence-electron chi connectivity index (χ3n) is 3.14. The van der Waals surface area contributed by atoms with Crippen molar-refractivity contribution in [3.8, 4) is 0 Å². The third-order valence-corrected chi connectivity index (χ3v) is 4.19. The number of rotatable bonds is 5. The Labute approximate surface area is 126 Å². The summed E-state index contributed by atoms with van der Waals surface area (Å²) in [6, 6.07) is 6.54. The zero-order valence-corrected chi connectivity index (χ0v) is 12.5. The van der Waals surface area contributed by atoms with Gasteiger partial charge in [0.1, 0.15) is 5.76 Å². The van der Waals surface area contributed by atoms with Crippen LogP contribution in [0.4, 0.5) is 4.79 Å². The number of nitrogens with zero attached hydrogens (tertiary/aromatic N) is 1. The van der Waals surface area contributed by atoms with Crippen molar-refractivity contribution in [1.29, 1.82) is 0 Å². The third kappa shape index (κ3) is 3.63. The molecule has 0 saturated carbocycles. The van der Waals surface area contributed by atoms with Gasteiger partial charge in [-0.15, -0.1) is 11.3 Å². The molecule has 2 rings (SSSR count). The van der Waals surface area contributed by atoms with Crippen molar-refractivity contribution >= 4 is 23.3 Å². The highest BCUT2D eigenvalue weighted by Gasteiger charge is 2.18. The van der Waals surface area contributed by atoms with E-state index in [-0.39, 0.29) is 24.4 Å². The number of nitrogens with one attached hydrogen (secondary N) is 1. The summed E-state index contributed by atoms with van der Waals surface area (Å²) >= 11 is 1.59. The number of carboxylic acids is 1. The van der Waals surface area contributed by atoms with Gasteiger partial charge in [0.25, 0.3) is 0 Å². The van der Waals surface area contributed by atoms with Gasteiger partial charge in [-0.3, -0.25) is 0 Å². The highest BCUT2D eigenvalue weighted by molar-refractivity contribution is 7.10. The molecule has 0 aliphatic rings. The van der Waals surface area contributed by atoms with Crippen LogP contribution in [0.15, 0.2) is 34.1 Å². The molecule has 2 amide bonds. The lowest BCUT2D eigenvalue weighted by Crippen LogP contribution is -2.38. The molecule has 7 heteroatoms. The molecule has 0 aliphatic heterocycles. The first-order valence-electron chi connectivity index (χ1n) is 6.35. The summed E-state index contributed by atoms with van der Waals surface area (Å²) < 4.78 is 5.08. The van der Waals surface area contributed by atoms with E-state index in [1.54, 1.807) is 23.3 Å². The molecule has 0 spiro atoms. The molecule has 2 aromatic rings. The second-order valence-corrected chi connectivity index (χ2v) is 5.51. The lowest BCUT2D eigenvalue weighted by atomic mass is 10.2. The van der Waals surface area contributed by atoms with Crippen LogP contribution in [0.3, 0.4) is 0 Å². The topological polar surface area (TPSA) is 82.8 Å². The summed E-state index contributed by atoms with van der Waals surface area (Å²) in [6.07, 6.45) is 0. The quantitative estimate of drug-likeness (QED) is 0.889. The first-order valence-corrected chi connectivity index (χ1v) is 7.23. The predicted octanol–water partition coefficient (Wildman–Crippen LogP) is 2.94. The van der Waals surface area contributed by atoms with E-state index in [4.69, 9.17) is 9.52 Å². The highest BCUT2D eigenvalue weighted by Crippen LogP contribution is 2.23. The number of thiophene rings is 1. The van der Waals surface area contributed by atoms with Crippen LogP contribution in [0.1, 0.15) is 34.2 Å². The predicted molar refractivity (Wildman–Crippen MR) is 78.4 cm³/mol. The van der Waals surface area contributed by atoms with E-state index in [1.807, 2.05) is 24.4 Å². The van der Waals surface area contributed by atoms with Gasteiger partial charge >= 0.3 is 12.0 Å². The van der Waals surface area contributed by atoms with E-state index in [2.05, 4.69) is 5.32 Å². The molecule has 2 heterocycles. The number of hydrogen-bond donors (Lipinski definition) is 2. The number of aromatic carboxylic acids is 1. The van der Waals surface area contributed by atoms with Gasteiger partial charge in [-0.1, -0.05) is 6.07 Å². The summed E-state index contributed by atoms with van der Waals surface area (Å²) in [5, 5.41) is 13.4. The molecule has 1 unspecified atom stereocenters. The minimum Gasteiger partial charge on any atom is -0.475 e. The molecule has 0 aromatic carbocycles. The van der Waals surface area contributed by atoms with Crippen molar-refractivity contribution in [2.75, 3.05) is 7.05 Å². The van der Waals surface area contributed by atoms with Gasteiger partial charge in [-0.05, 0) is 30.5 Å². The summed E-state index contributed by atoms with van der Waals surface area (Å²) in [7, 11) is 1.71. The van der Waals surface area contributed by atoms with Crippen molar-refractivity contribution in [2.45, 2.75) is 19.5 Å². The molecule has 0 aliphatic carbocycles. The first kappa shape index (κ1) is 15.1. The van der Waals surface area contributed by atoms with Crippen LogP contribution < -0.4 is 5.32 Å². The number of carboxylic acid groups (broad SMARTS) is 1. The number of carbonyl (C=O) groups is 2. The average Bonchev–Trinajstić information content (AvgIpc) is 3.13. The highest BCUT2D eigenvalue weighted by atomic mass is 32.1. The van der Waals surface area contributed by atoms with Crippen molar-refractivity contribution in [2.24, 2.45) is 0 Å². The summed E-state index contributed by atoms with van der Waals surface area (Å²) in [5.41, 5.74) is 0. The van der Waals surface area contributed by atoms with Gasteiger partial charge in [-0.2, -0.15) is 0 Å². The monoisotopic (exact) mass is 308 g/mol. The lowest BCUT2D eigenvalue weighted by molar-refractivity contribution is 0.0660. The maximum absolute atomic E-state index is 12.1. The first-order chi connectivity index (χ1) is 9.99. The average molecular weight is 308 g/mol. The Kier molecular flexibility index (Phi) is 4.64. The van der Waals surface area contributed by atoms with Crippen LogP contribution in [0, 0.1) is 0 Å². The number of urea groups is 1. The standard InChI is InChI=1S/C14H16N2O4S/c1-9(12-4-3-7-21-12)16(2)14(19)15-8-10-5-6-11(20-10)13(17)18/h3-7,9H,8H2,1-2H3,(H,15,19)(H,17,18). The number of amides is 2. The van der Waals surface area contributed by atoms with E-state index in [0.29, 0.717) is 5.76 Å². The van der Waals surface area contributed by atoms with Crippen molar-refractivity contribution in [3.05, 3.63) is 46.0 Å². The van der Waals surface area contributed by atoms with Gasteiger partial charge < -0.3 is 19.7 Å². The Morgan fingerprint density at radius 2 is 2.19 bits per heavy atom. The van der Waals surface area contributed by atoms with E-state index in [1.165, 1.54) is 12.1 Å². The van der Waals surface area contributed by atoms with Crippen molar-refractivity contribution in [1.82, 2.24) is 10.2 Å². The molecule has 21 heavy (non-hydrogen) atoms. The molecular weight excluding hydrogens is 292 g/mol. The molecule has 112 valence electrons. The zero-order valence-electron chi connectivity index (χ0n) is 11.7. The van der Waals surface area contributed by atoms with Crippen molar-refractivity contribution in [3.63, 3.8) is 0 Å². The molecule has 0 fully saturated rings. The van der Waals surface area contributed by atoms with Gasteiger partial charge in [0.2, 0.25) is 5.76 Å². The molecule has 2 N–H and O–H groups in total. The SMILES string of the molecule is CC(c1cccs1)N(C)C(=O)NCc1ccc(C(=O)O)o1. The minimum atomic E-state index is -1.13. The van der Waals surface area contributed by atoms with Gasteiger partial charge in [0.05, 0.1) is 12.6 Å². The molecule has 0 radical (unpaired) electrons. The van der Waals surface area contributed by atoms with Crippen molar-refractivity contribution < 1.29 is 19.1 Å². The summed E-state index contributed by atoms with van der Waals surface area (Å²) in [6.45, 7) is 2.09. The van der Waals surface area contributed by atoms with E-state index >= 15 is 0 Å². The van der Waals surface area contributed by atoms with E-state index < -0.39 is 5.97 Å². The van der Waals surface area contributed by atoms with Crippen LogP contribution >= 0.6 is 11.3 Å². The normalized spacial score (nSPS) is 11.9. The van der Waals surface area contributed by atoms with Crippen LogP contribution in [0.25, 0.3) is 0 Å². The Morgan fingerprint density at radius 3 is 2.76 bits per heavy atom. The molecule has 0 bridgehead atoms. The second-order valence-electron chi connectivity index (χ2n) is 4.53. The zero-order chi connectivity index (χ0) is 15.4. The Bertz CT molecular complexity index is 621. The summed E-state index contributed by atoms with van der Waals surface area (Å²) in [5.74, 6) is -0.867. The fraction of sp³-hybridized carbons (Fsp3) is 0.286. The fourth-order valence-electron chi connectivity index (χ4n) is 1.77. The van der Waals surface area contributed by atoms with E-state index in [0.717, 1.165) is 4.88 Å². The number of carbonyl (C=O) groups excluding carboxylic acids is 1. The fourth-order valence-corrected chi connectivity index (χ4v) is 2.60. The summed E-state index contributed by atoms with van der Waals surface area (Å²) in [4.78, 5) is 25.4. The largest absolute Gasteiger partial charge is 0.475 e. The van der Waals surface area contributed by atoms with Crippen LogP contribution in [-0.2, 0) is 6.54 Å². The van der Waals surface area contributed by atoms with E-state index in [9.17, 15) is 9.59 Å². The lowest BCUT2D eigenvalue weighted by Gasteiger charge is -2.24.